The molecule has 2 fully saturated rings. The van der Waals surface area contributed by atoms with Crippen molar-refractivity contribution in [2.45, 2.75) is 94.2 Å². The van der Waals surface area contributed by atoms with Crippen molar-refractivity contribution in [2.24, 2.45) is 0 Å². The van der Waals surface area contributed by atoms with E-state index >= 15 is 0 Å². The number of hydrogen-bond acceptors (Lipinski definition) is 6. The van der Waals surface area contributed by atoms with Crippen molar-refractivity contribution >= 4 is 34.4 Å². The number of thioether (sulfide) groups is 1. The minimum absolute atomic E-state index is 0.0974. The highest BCUT2D eigenvalue weighted by Gasteiger charge is 2.49. The second-order valence-electron chi connectivity index (χ2n) is 10.7. The third-order valence-corrected chi connectivity index (χ3v) is 7.89. The van der Waals surface area contributed by atoms with E-state index in [1.54, 1.807) is 26.8 Å². The lowest BCUT2D eigenvalue weighted by atomic mass is 10.0. The van der Waals surface area contributed by atoms with Crippen molar-refractivity contribution in [3.8, 4) is 0 Å². The molecule has 1 saturated carbocycles. The number of carbonyl (C=O) groups is 1. The van der Waals surface area contributed by atoms with Gasteiger partial charge in [-0.2, -0.15) is 24.9 Å². The van der Waals surface area contributed by atoms with Crippen LogP contribution in [0.4, 0.5) is 28.0 Å². The van der Waals surface area contributed by atoms with Crippen LogP contribution >= 0.6 is 11.8 Å². The number of aromatic amines is 1. The zero-order chi connectivity index (χ0) is 27.0. The summed E-state index contributed by atoms with van der Waals surface area (Å²) in [7, 11) is 0. The summed E-state index contributed by atoms with van der Waals surface area (Å²) in [5, 5.41) is 2.73. The summed E-state index contributed by atoms with van der Waals surface area (Å²) in [5.74, 6) is -0.263. The zero-order valence-electron chi connectivity index (χ0n) is 21.1. The molecule has 1 aliphatic heterocycles. The molecule has 0 radical (unpaired) electrons. The minimum Gasteiger partial charge on any atom is -0.444 e. The highest BCUT2D eigenvalue weighted by atomic mass is 32.2. The molecule has 4 rings (SSSR count). The number of nitrogens with zero attached hydrogens (tertiary/aromatic N) is 2. The molecule has 2 aliphatic rings. The molecular formula is C25H32F4N4O3S. The average molecular weight is 545 g/mol. The number of aromatic nitrogens is 2. The van der Waals surface area contributed by atoms with Gasteiger partial charge in [-0.1, -0.05) is 12.8 Å². The molecule has 2 atom stereocenters. The van der Waals surface area contributed by atoms with Gasteiger partial charge in [-0.25, -0.2) is 14.2 Å². The van der Waals surface area contributed by atoms with E-state index in [2.05, 4.69) is 15.3 Å². The number of alkyl halides is 3. The van der Waals surface area contributed by atoms with E-state index in [1.807, 2.05) is 0 Å². The summed E-state index contributed by atoms with van der Waals surface area (Å²) in [6.45, 7) is 4.72. The van der Waals surface area contributed by atoms with Gasteiger partial charge in [-0.05, 0) is 58.6 Å². The standard InChI is InChI=1S/C25H32F4N4O3S/c1-24(2,3)36-23(35)33-9-8-16(12-19(33)25(27,28)29)37-13-20-31-18-11-15(30-14-6-4-5-7-14)10-17(26)21(18)22(34)32-20/h10-11,14,16,19,30H,4-9,12-13H2,1-3H3,(H,31,32,34)/t16-,19+/m1/s1. The number of ether oxygens (including phenoxy) is 1. The van der Waals surface area contributed by atoms with Crippen molar-refractivity contribution in [1.82, 2.24) is 14.9 Å². The van der Waals surface area contributed by atoms with Crippen LogP contribution in [0.3, 0.4) is 0 Å². The zero-order valence-corrected chi connectivity index (χ0v) is 21.9. The Hall–Kier alpha value is -2.50. The maximum atomic E-state index is 14.7. The lowest BCUT2D eigenvalue weighted by molar-refractivity contribution is -0.186. The molecular weight excluding hydrogens is 512 g/mol. The fourth-order valence-corrected chi connectivity index (χ4v) is 5.98. The number of amides is 1. The van der Waals surface area contributed by atoms with Crippen LogP contribution < -0.4 is 10.9 Å². The predicted molar refractivity (Wildman–Crippen MR) is 135 cm³/mol. The topological polar surface area (TPSA) is 87.3 Å². The predicted octanol–water partition coefficient (Wildman–Crippen LogP) is 5.98. The number of hydrogen-bond donors (Lipinski definition) is 2. The van der Waals surface area contributed by atoms with Crippen LogP contribution in [-0.4, -0.2) is 56.6 Å². The molecule has 0 spiro atoms. The molecule has 1 saturated heterocycles. The second-order valence-corrected chi connectivity index (χ2v) is 12.0. The van der Waals surface area contributed by atoms with Crippen molar-refractivity contribution in [2.75, 3.05) is 11.9 Å². The number of rotatable bonds is 5. The first kappa shape index (κ1) is 27.5. The normalized spacial score (nSPS) is 21.4. The molecule has 1 aromatic carbocycles. The third-order valence-electron chi connectivity index (χ3n) is 6.55. The van der Waals surface area contributed by atoms with Gasteiger partial charge in [0.25, 0.3) is 5.56 Å². The average Bonchev–Trinajstić information content (AvgIpc) is 3.28. The van der Waals surface area contributed by atoms with E-state index in [0.717, 1.165) is 30.6 Å². The van der Waals surface area contributed by atoms with Gasteiger partial charge < -0.3 is 15.0 Å². The molecule has 2 aromatic rings. The number of fused-ring (bicyclic) bond motifs is 1. The first-order chi connectivity index (χ1) is 17.3. The molecule has 37 heavy (non-hydrogen) atoms. The summed E-state index contributed by atoms with van der Waals surface area (Å²) in [6, 6.07) is 1.22. The fraction of sp³-hybridized carbons (Fsp3) is 0.640. The van der Waals surface area contributed by atoms with Gasteiger partial charge >= 0.3 is 12.3 Å². The molecule has 204 valence electrons. The lowest BCUT2D eigenvalue weighted by Crippen LogP contribution is -2.55. The van der Waals surface area contributed by atoms with E-state index in [-0.39, 0.29) is 41.5 Å². The quantitative estimate of drug-likeness (QED) is 0.451. The number of likely N-dealkylation sites (tertiary alicyclic amines) is 1. The molecule has 2 N–H and O–H groups in total. The van der Waals surface area contributed by atoms with E-state index < -0.39 is 40.5 Å². The van der Waals surface area contributed by atoms with Gasteiger partial charge in [0.15, 0.2) is 0 Å². The number of anilines is 1. The van der Waals surface area contributed by atoms with Crippen LogP contribution in [0.5, 0.6) is 0 Å². The molecule has 0 unspecified atom stereocenters. The highest BCUT2D eigenvalue weighted by Crippen LogP contribution is 2.37. The molecule has 1 amide bonds. The Bertz CT molecular complexity index is 1190. The minimum atomic E-state index is -4.61. The van der Waals surface area contributed by atoms with Gasteiger partial charge in [0.05, 0.1) is 11.3 Å². The Labute approximate surface area is 216 Å². The Morgan fingerprint density at radius 3 is 2.57 bits per heavy atom. The highest BCUT2D eigenvalue weighted by molar-refractivity contribution is 7.99. The summed E-state index contributed by atoms with van der Waals surface area (Å²) in [6.07, 6.45) is -1.34. The Morgan fingerprint density at radius 1 is 1.22 bits per heavy atom. The summed E-state index contributed by atoms with van der Waals surface area (Å²) in [4.78, 5) is 32.7. The SMILES string of the molecule is CC(C)(C)OC(=O)N1CC[C@@H](SCc2nc3cc(NC4CCCC4)cc(F)c3c(=O)[nH]2)C[C@H]1C(F)(F)F. The van der Waals surface area contributed by atoms with Crippen molar-refractivity contribution in [3.63, 3.8) is 0 Å². The number of piperidine rings is 1. The lowest BCUT2D eigenvalue weighted by Gasteiger charge is -2.40. The number of carbonyl (C=O) groups excluding carboxylic acids is 1. The maximum absolute atomic E-state index is 14.7. The van der Waals surface area contributed by atoms with Crippen LogP contribution in [0.15, 0.2) is 16.9 Å². The van der Waals surface area contributed by atoms with Crippen molar-refractivity contribution < 1.29 is 27.1 Å². The van der Waals surface area contributed by atoms with E-state index in [0.29, 0.717) is 12.1 Å². The molecule has 12 heteroatoms. The number of benzene rings is 1. The molecule has 2 heterocycles. The van der Waals surface area contributed by atoms with Crippen molar-refractivity contribution in [3.05, 3.63) is 34.1 Å². The Balaban J connectivity index is 1.46. The maximum Gasteiger partial charge on any atom is 0.410 e. The van der Waals surface area contributed by atoms with Crippen LogP contribution in [0.25, 0.3) is 10.9 Å². The molecule has 7 nitrogen and oxygen atoms in total. The molecule has 1 aromatic heterocycles. The van der Waals surface area contributed by atoms with Crippen LogP contribution in [0.1, 0.15) is 65.1 Å². The van der Waals surface area contributed by atoms with E-state index in [1.165, 1.54) is 17.8 Å². The number of H-pyrrole nitrogens is 1. The second kappa shape index (κ2) is 10.7. The van der Waals surface area contributed by atoms with E-state index in [9.17, 15) is 27.2 Å². The molecule has 1 aliphatic carbocycles. The van der Waals surface area contributed by atoms with Crippen LogP contribution in [0, 0.1) is 5.82 Å². The summed E-state index contributed by atoms with van der Waals surface area (Å²) >= 11 is 1.23. The van der Waals surface area contributed by atoms with Gasteiger partial charge in [-0.3, -0.25) is 9.69 Å². The van der Waals surface area contributed by atoms with E-state index in [4.69, 9.17) is 4.74 Å². The fourth-order valence-electron chi connectivity index (χ4n) is 4.86. The first-order valence-corrected chi connectivity index (χ1v) is 13.5. The van der Waals surface area contributed by atoms with Crippen LogP contribution in [0.2, 0.25) is 0 Å². The first-order valence-electron chi connectivity index (χ1n) is 12.5. The Kier molecular flexibility index (Phi) is 7.96. The largest absolute Gasteiger partial charge is 0.444 e. The van der Waals surface area contributed by atoms with Gasteiger partial charge in [0.2, 0.25) is 0 Å². The Morgan fingerprint density at radius 2 is 1.92 bits per heavy atom. The van der Waals surface area contributed by atoms with Gasteiger partial charge in [0, 0.05) is 23.5 Å². The van der Waals surface area contributed by atoms with Crippen LogP contribution in [-0.2, 0) is 10.5 Å². The summed E-state index contributed by atoms with van der Waals surface area (Å²) in [5.41, 5.74) is -0.777. The number of nitrogens with one attached hydrogen (secondary N) is 2. The monoisotopic (exact) mass is 544 g/mol. The smallest absolute Gasteiger partial charge is 0.410 e. The third kappa shape index (κ3) is 6.88. The van der Waals surface area contributed by atoms with Gasteiger partial charge in [-0.15, -0.1) is 0 Å². The van der Waals surface area contributed by atoms with Crippen molar-refractivity contribution in [1.29, 1.82) is 0 Å². The van der Waals surface area contributed by atoms with Gasteiger partial charge in [0.1, 0.15) is 28.7 Å². The number of halogens is 4. The summed E-state index contributed by atoms with van der Waals surface area (Å²) < 4.78 is 61.3. The molecule has 0 bridgehead atoms.